The standard InChI is InChI=1S/C23H31N3O3/c1-16-11-17(2)14-26(13-16)15-20-8-5-4-7-19(20)12-24-22(27)18(3)25-23(28)21-9-6-10-29-21/h4-10,16-18H,11-15H2,1-3H3,(H,24,27)(H,25,28)/t16-,17+,18-/m0/s1. The van der Waals surface area contributed by atoms with Gasteiger partial charge in [-0.05, 0) is 48.4 Å². The Labute approximate surface area is 172 Å². The highest BCUT2D eigenvalue weighted by Gasteiger charge is 2.22. The molecule has 0 aliphatic carbocycles. The van der Waals surface area contributed by atoms with Gasteiger partial charge in [0.15, 0.2) is 5.76 Å². The van der Waals surface area contributed by atoms with Crippen molar-refractivity contribution >= 4 is 11.8 Å². The summed E-state index contributed by atoms with van der Waals surface area (Å²) in [7, 11) is 0. The van der Waals surface area contributed by atoms with Crippen LogP contribution in [0.25, 0.3) is 0 Å². The Morgan fingerprint density at radius 3 is 2.45 bits per heavy atom. The van der Waals surface area contributed by atoms with Crippen LogP contribution in [0.2, 0.25) is 0 Å². The number of hydrogen-bond acceptors (Lipinski definition) is 4. The van der Waals surface area contributed by atoms with E-state index in [4.69, 9.17) is 4.42 Å². The van der Waals surface area contributed by atoms with Crippen LogP contribution in [0.15, 0.2) is 47.1 Å². The van der Waals surface area contributed by atoms with Gasteiger partial charge in [0, 0.05) is 26.2 Å². The zero-order chi connectivity index (χ0) is 20.8. The van der Waals surface area contributed by atoms with Gasteiger partial charge in [0.25, 0.3) is 5.91 Å². The Morgan fingerprint density at radius 1 is 1.10 bits per heavy atom. The summed E-state index contributed by atoms with van der Waals surface area (Å²) in [4.78, 5) is 27.0. The fourth-order valence-corrected chi connectivity index (χ4v) is 4.12. The highest BCUT2D eigenvalue weighted by molar-refractivity contribution is 5.95. The summed E-state index contributed by atoms with van der Waals surface area (Å²) < 4.78 is 5.06. The molecule has 1 aliphatic heterocycles. The fraction of sp³-hybridized carbons (Fsp3) is 0.478. The smallest absolute Gasteiger partial charge is 0.287 e. The lowest BCUT2D eigenvalue weighted by molar-refractivity contribution is -0.122. The lowest BCUT2D eigenvalue weighted by Crippen LogP contribution is -2.44. The Morgan fingerprint density at radius 2 is 1.79 bits per heavy atom. The molecule has 1 aromatic heterocycles. The molecule has 0 radical (unpaired) electrons. The molecule has 1 aromatic carbocycles. The van der Waals surface area contributed by atoms with Crippen LogP contribution >= 0.6 is 0 Å². The van der Waals surface area contributed by atoms with Crippen LogP contribution in [0.5, 0.6) is 0 Å². The number of hydrogen-bond donors (Lipinski definition) is 2. The van der Waals surface area contributed by atoms with Gasteiger partial charge in [-0.3, -0.25) is 14.5 Å². The first-order valence-corrected chi connectivity index (χ1v) is 10.3. The molecular weight excluding hydrogens is 366 g/mol. The maximum Gasteiger partial charge on any atom is 0.287 e. The Hall–Kier alpha value is -2.60. The quantitative estimate of drug-likeness (QED) is 0.752. The summed E-state index contributed by atoms with van der Waals surface area (Å²) in [6, 6.07) is 10.8. The maximum absolute atomic E-state index is 12.4. The molecular formula is C23H31N3O3. The largest absolute Gasteiger partial charge is 0.459 e. The molecule has 2 amide bonds. The molecule has 0 spiro atoms. The van der Waals surface area contributed by atoms with Crippen molar-refractivity contribution in [3.63, 3.8) is 0 Å². The number of furan rings is 1. The van der Waals surface area contributed by atoms with Gasteiger partial charge in [-0.2, -0.15) is 0 Å². The molecule has 1 aliphatic rings. The van der Waals surface area contributed by atoms with E-state index < -0.39 is 11.9 Å². The first-order valence-electron chi connectivity index (χ1n) is 10.3. The molecule has 0 saturated carbocycles. The van der Waals surface area contributed by atoms with E-state index in [1.807, 2.05) is 12.1 Å². The summed E-state index contributed by atoms with van der Waals surface area (Å²) in [5.74, 6) is 1.000. The van der Waals surface area contributed by atoms with Gasteiger partial charge in [-0.1, -0.05) is 38.1 Å². The summed E-state index contributed by atoms with van der Waals surface area (Å²) in [6.07, 6.45) is 2.72. The number of nitrogens with one attached hydrogen (secondary N) is 2. The summed E-state index contributed by atoms with van der Waals surface area (Å²) in [6.45, 7) is 9.85. The van der Waals surface area contributed by atoms with Crippen LogP contribution in [-0.4, -0.2) is 35.8 Å². The second kappa shape index (κ2) is 9.74. The van der Waals surface area contributed by atoms with Crippen molar-refractivity contribution in [1.29, 1.82) is 0 Å². The van der Waals surface area contributed by atoms with Gasteiger partial charge in [0.05, 0.1) is 6.26 Å². The molecule has 2 heterocycles. The maximum atomic E-state index is 12.4. The van der Waals surface area contributed by atoms with Crippen LogP contribution in [-0.2, 0) is 17.9 Å². The van der Waals surface area contributed by atoms with Gasteiger partial charge < -0.3 is 15.1 Å². The third-order valence-electron chi connectivity index (χ3n) is 5.40. The van der Waals surface area contributed by atoms with E-state index in [1.54, 1.807) is 19.1 Å². The molecule has 29 heavy (non-hydrogen) atoms. The van der Waals surface area contributed by atoms with Crippen LogP contribution in [0.3, 0.4) is 0 Å². The topological polar surface area (TPSA) is 74.6 Å². The van der Waals surface area contributed by atoms with Crippen molar-refractivity contribution in [2.75, 3.05) is 13.1 Å². The van der Waals surface area contributed by atoms with E-state index in [0.29, 0.717) is 18.4 Å². The predicted octanol–water partition coefficient (Wildman–Crippen LogP) is 3.19. The molecule has 0 bridgehead atoms. The number of carbonyl (C=O) groups excluding carboxylic acids is 2. The van der Waals surface area contributed by atoms with Crippen molar-refractivity contribution in [2.45, 2.75) is 46.3 Å². The number of piperidine rings is 1. The highest BCUT2D eigenvalue weighted by Crippen LogP contribution is 2.23. The number of rotatable bonds is 7. The fourth-order valence-electron chi connectivity index (χ4n) is 4.12. The van der Waals surface area contributed by atoms with Crippen LogP contribution < -0.4 is 10.6 Å². The molecule has 2 aromatic rings. The zero-order valence-corrected chi connectivity index (χ0v) is 17.5. The minimum atomic E-state index is -0.649. The molecule has 6 heteroatoms. The number of amides is 2. The van der Waals surface area contributed by atoms with Crippen LogP contribution in [0.4, 0.5) is 0 Å². The average Bonchev–Trinajstić information content (AvgIpc) is 3.21. The van der Waals surface area contributed by atoms with Crippen molar-refractivity contribution in [2.24, 2.45) is 11.8 Å². The van der Waals surface area contributed by atoms with Crippen molar-refractivity contribution in [3.8, 4) is 0 Å². The second-order valence-electron chi connectivity index (χ2n) is 8.30. The monoisotopic (exact) mass is 397 g/mol. The minimum Gasteiger partial charge on any atom is -0.459 e. The van der Waals surface area contributed by atoms with Crippen molar-refractivity contribution < 1.29 is 14.0 Å². The van der Waals surface area contributed by atoms with Gasteiger partial charge >= 0.3 is 0 Å². The molecule has 2 N–H and O–H groups in total. The van der Waals surface area contributed by atoms with Crippen molar-refractivity contribution in [3.05, 3.63) is 59.5 Å². The lowest BCUT2D eigenvalue weighted by Gasteiger charge is -2.35. The summed E-state index contributed by atoms with van der Waals surface area (Å²) >= 11 is 0. The van der Waals surface area contributed by atoms with E-state index in [9.17, 15) is 9.59 Å². The molecule has 6 nitrogen and oxygen atoms in total. The van der Waals surface area contributed by atoms with Gasteiger partial charge in [0.2, 0.25) is 5.91 Å². The number of carbonyl (C=O) groups is 2. The summed E-state index contributed by atoms with van der Waals surface area (Å²) in [5, 5.41) is 5.60. The van der Waals surface area contributed by atoms with Crippen LogP contribution in [0, 0.1) is 11.8 Å². The normalized spacial score (nSPS) is 20.8. The molecule has 1 saturated heterocycles. The average molecular weight is 398 g/mol. The molecule has 3 rings (SSSR count). The predicted molar refractivity (Wildman–Crippen MR) is 112 cm³/mol. The van der Waals surface area contributed by atoms with E-state index in [2.05, 4.69) is 41.5 Å². The Kier molecular flexibility index (Phi) is 7.09. The number of likely N-dealkylation sites (tertiary alicyclic amines) is 1. The summed E-state index contributed by atoms with van der Waals surface area (Å²) in [5.41, 5.74) is 2.35. The van der Waals surface area contributed by atoms with Gasteiger partial charge in [0.1, 0.15) is 6.04 Å². The molecule has 3 atom stereocenters. The second-order valence-corrected chi connectivity index (χ2v) is 8.30. The van der Waals surface area contributed by atoms with E-state index in [0.717, 1.165) is 25.2 Å². The lowest BCUT2D eigenvalue weighted by atomic mass is 9.91. The van der Waals surface area contributed by atoms with Crippen LogP contribution in [0.1, 0.15) is 48.9 Å². The first-order chi connectivity index (χ1) is 13.9. The molecule has 1 fully saturated rings. The highest BCUT2D eigenvalue weighted by atomic mass is 16.3. The molecule has 156 valence electrons. The van der Waals surface area contributed by atoms with E-state index >= 15 is 0 Å². The van der Waals surface area contributed by atoms with E-state index in [-0.39, 0.29) is 11.7 Å². The SMILES string of the molecule is C[C@@H]1C[C@H](C)CN(Cc2ccccc2CNC(=O)[C@H](C)NC(=O)c2ccco2)C1. The van der Waals surface area contributed by atoms with E-state index in [1.165, 1.54) is 18.2 Å². The number of benzene rings is 1. The van der Waals surface area contributed by atoms with Gasteiger partial charge in [-0.15, -0.1) is 0 Å². The van der Waals surface area contributed by atoms with Gasteiger partial charge in [-0.25, -0.2) is 0 Å². The zero-order valence-electron chi connectivity index (χ0n) is 17.5. The third-order valence-corrected chi connectivity index (χ3v) is 5.40. The Bertz CT molecular complexity index is 809. The molecule has 0 unspecified atom stereocenters. The number of nitrogens with zero attached hydrogens (tertiary/aromatic N) is 1. The van der Waals surface area contributed by atoms with Crippen molar-refractivity contribution in [1.82, 2.24) is 15.5 Å². The minimum absolute atomic E-state index is 0.194. The Balaban J connectivity index is 1.55. The first kappa shape index (κ1) is 21.1. The third kappa shape index (κ3) is 5.94.